The third kappa shape index (κ3) is 5.53. The van der Waals surface area contributed by atoms with Crippen LogP contribution in [0.25, 0.3) is 0 Å². The van der Waals surface area contributed by atoms with Gasteiger partial charge in [0.15, 0.2) is 0 Å². The van der Waals surface area contributed by atoms with E-state index in [0.29, 0.717) is 12.1 Å². The lowest BCUT2D eigenvalue weighted by atomic mass is 10.1. The quantitative estimate of drug-likeness (QED) is 0.780. The van der Waals surface area contributed by atoms with Gasteiger partial charge < -0.3 is 20.1 Å². The lowest BCUT2D eigenvalue weighted by Gasteiger charge is -2.30. The second-order valence-corrected chi connectivity index (χ2v) is 7.22. The van der Waals surface area contributed by atoms with Crippen LogP contribution >= 0.6 is 0 Å². The molecule has 3 rings (SSSR count). The number of carbonyl (C=O) groups excluding carboxylic acids is 2. The van der Waals surface area contributed by atoms with E-state index >= 15 is 0 Å². The Kier molecular flexibility index (Phi) is 6.60. The highest BCUT2D eigenvalue weighted by molar-refractivity contribution is 5.93. The summed E-state index contributed by atoms with van der Waals surface area (Å²) in [5.41, 5.74) is 1.03. The number of amides is 2. The minimum Gasteiger partial charge on any atom is -0.351 e. The van der Waals surface area contributed by atoms with Crippen LogP contribution in [0.4, 0.5) is 0 Å². The summed E-state index contributed by atoms with van der Waals surface area (Å²) >= 11 is 0. The number of likely N-dealkylation sites (N-methyl/N-ethyl adjacent to an activating group) is 1. The van der Waals surface area contributed by atoms with Crippen LogP contribution < -0.4 is 16.2 Å². The van der Waals surface area contributed by atoms with Crippen LogP contribution in [0.5, 0.6) is 0 Å². The normalized spacial score (nSPS) is 17.1. The van der Waals surface area contributed by atoms with Crippen molar-refractivity contribution in [3.8, 4) is 0 Å². The lowest BCUT2D eigenvalue weighted by Crippen LogP contribution is -2.47. The fourth-order valence-corrected chi connectivity index (χ4v) is 3.38. The molecule has 0 radical (unpaired) electrons. The molecule has 1 aromatic carbocycles. The summed E-state index contributed by atoms with van der Waals surface area (Å²) in [6, 6.07) is 12.5. The summed E-state index contributed by atoms with van der Waals surface area (Å²) in [7, 11) is 2.03. The van der Waals surface area contributed by atoms with E-state index in [1.54, 1.807) is 0 Å². The molecule has 1 fully saturated rings. The number of pyridine rings is 1. The molecule has 1 aromatic heterocycles. The van der Waals surface area contributed by atoms with Gasteiger partial charge in [-0.3, -0.25) is 14.4 Å². The number of carbonyl (C=O) groups is 2. The molecule has 1 aliphatic rings. The van der Waals surface area contributed by atoms with Crippen molar-refractivity contribution >= 4 is 11.8 Å². The van der Waals surface area contributed by atoms with Crippen LogP contribution in [0.2, 0.25) is 0 Å². The lowest BCUT2D eigenvalue weighted by molar-refractivity contribution is -0.122. The van der Waals surface area contributed by atoms with Crippen molar-refractivity contribution in [2.45, 2.75) is 32.0 Å². The number of nitrogens with zero attached hydrogens (tertiary/aromatic N) is 2. The standard InChI is InChI=1S/C21H26N4O3/c1-24-11-5-8-18(14-24)23-19(26)15-25-13-17(9-10-20(25)27)21(28)22-12-16-6-3-2-4-7-16/h2-4,6-7,9-10,13,18H,5,8,11-12,14-15H2,1H3,(H,22,28)(H,23,26)/t18-/m1/s1. The monoisotopic (exact) mass is 382 g/mol. The highest BCUT2D eigenvalue weighted by Crippen LogP contribution is 2.08. The zero-order valence-electron chi connectivity index (χ0n) is 16.1. The molecular weight excluding hydrogens is 356 g/mol. The SMILES string of the molecule is CN1CCC[C@@H](NC(=O)Cn2cc(C(=O)NCc3ccccc3)ccc2=O)C1. The van der Waals surface area contributed by atoms with E-state index in [0.717, 1.165) is 31.5 Å². The van der Waals surface area contributed by atoms with Crippen molar-refractivity contribution in [3.63, 3.8) is 0 Å². The van der Waals surface area contributed by atoms with E-state index in [1.165, 1.54) is 22.9 Å². The van der Waals surface area contributed by atoms with E-state index < -0.39 is 0 Å². The fraction of sp³-hybridized carbons (Fsp3) is 0.381. The van der Waals surface area contributed by atoms with Crippen molar-refractivity contribution < 1.29 is 9.59 Å². The van der Waals surface area contributed by atoms with Gasteiger partial charge in [0.25, 0.3) is 11.5 Å². The van der Waals surface area contributed by atoms with Gasteiger partial charge in [0.1, 0.15) is 6.54 Å². The Labute approximate surface area is 164 Å². The molecule has 148 valence electrons. The van der Waals surface area contributed by atoms with Gasteiger partial charge in [-0.25, -0.2) is 0 Å². The average Bonchev–Trinajstić information content (AvgIpc) is 2.68. The summed E-state index contributed by atoms with van der Waals surface area (Å²) in [5, 5.41) is 5.80. The van der Waals surface area contributed by atoms with Crippen molar-refractivity contribution in [1.29, 1.82) is 0 Å². The van der Waals surface area contributed by atoms with Gasteiger partial charge in [-0.05, 0) is 38.1 Å². The fourth-order valence-electron chi connectivity index (χ4n) is 3.38. The zero-order valence-corrected chi connectivity index (χ0v) is 16.1. The summed E-state index contributed by atoms with van der Waals surface area (Å²) in [6.07, 6.45) is 3.42. The summed E-state index contributed by atoms with van der Waals surface area (Å²) in [6.45, 7) is 2.14. The number of nitrogens with one attached hydrogen (secondary N) is 2. The Morgan fingerprint density at radius 2 is 1.93 bits per heavy atom. The van der Waals surface area contributed by atoms with Gasteiger partial charge in [0, 0.05) is 31.4 Å². The van der Waals surface area contributed by atoms with Gasteiger partial charge in [0.2, 0.25) is 5.91 Å². The van der Waals surface area contributed by atoms with Crippen molar-refractivity contribution in [2.75, 3.05) is 20.1 Å². The Hall–Kier alpha value is -2.93. The number of aromatic nitrogens is 1. The predicted molar refractivity (Wildman–Crippen MR) is 107 cm³/mol. The summed E-state index contributed by atoms with van der Waals surface area (Å²) in [5.74, 6) is -0.504. The maximum Gasteiger partial charge on any atom is 0.253 e. The number of benzene rings is 1. The number of hydrogen-bond donors (Lipinski definition) is 2. The maximum absolute atomic E-state index is 12.4. The van der Waals surface area contributed by atoms with Gasteiger partial charge in [-0.1, -0.05) is 30.3 Å². The first-order valence-electron chi connectivity index (χ1n) is 9.52. The average molecular weight is 382 g/mol. The van der Waals surface area contributed by atoms with Crippen LogP contribution in [-0.4, -0.2) is 47.5 Å². The van der Waals surface area contributed by atoms with Crippen molar-refractivity contribution in [2.24, 2.45) is 0 Å². The molecule has 0 unspecified atom stereocenters. The van der Waals surface area contributed by atoms with E-state index in [4.69, 9.17) is 0 Å². The Bertz CT molecular complexity index is 879. The van der Waals surface area contributed by atoms with Crippen LogP contribution in [-0.2, 0) is 17.9 Å². The molecule has 0 spiro atoms. The first-order valence-corrected chi connectivity index (χ1v) is 9.52. The highest BCUT2D eigenvalue weighted by Gasteiger charge is 2.19. The topological polar surface area (TPSA) is 83.4 Å². The molecule has 0 saturated carbocycles. The molecule has 1 aliphatic heterocycles. The molecule has 7 nitrogen and oxygen atoms in total. The number of likely N-dealkylation sites (tertiary alicyclic amines) is 1. The molecular formula is C21H26N4O3. The minimum atomic E-state index is -0.310. The highest BCUT2D eigenvalue weighted by atomic mass is 16.2. The molecule has 0 aliphatic carbocycles. The predicted octanol–water partition coefficient (Wildman–Crippen LogP) is 0.989. The van der Waals surface area contributed by atoms with Crippen LogP contribution in [0.15, 0.2) is 53.5 Å². The van der Waals surface area contributed by atoms with Crippen LogP contribution in [0, 0.1) is 0 Å². The van der Waals surface area contributed by atoms with Crippen molar-refractivity contribution in [1.82, 2.24) is 20.1 Å². The summed E-state index contributed by atoms with van der Waals surface area (Å²) in [4.78, 5) is 39.0. The minimum absolute atomic E-state index is 0.0966. The van der Waals surface area contributed by atoms with E-state index in [2.05, 4.69) is 15.5 Å². The second kappa shape index (κ2) is 9.32. The Morgan fingerprint density at radius 3 is 2.68 bits per heavy atom. The van der Waals surface area contributed by atoms with E-state index in [1.807, 2.05) is 37.4 Å². The van der Waals surface area contributed by atoms with Gasteiger partial charge in [0.05, 0.1) is 5.56 Å². The largest absolute Gasteiger partial charge is 0.351 e. The second-order valence-electron chi connectivity index (χ2n) is 7.22. The van der Waals surface area contributed by atoms with Gasteiger partial charge in [-0.2, -0.15) is 0 Å². The van der Waals surface area contributed by atoms with Crippen molar-refractivity contribution in [3.05, 3.63) is 70.1 Å². The van der Waals surface area contributed by atoms with E-state index in [9.17, 15) is 14.4 Å². The molecule has 28 heavy (non-hydrogen) atoms. The molecule has 1 atom stereocenters. The molecule has 2 heterocycles. The molecule has 2 N–H and O–H groups in total. The molecule has 1 saturated heterocycles. The van der Waals surface area contributed by atoms with Crippen LogP contribution in [0.1, 0.15) is 28.8 Å². The maximum atomic E-state index is 12.4. The number of rotatable bonds is 6. The first-order chi connectivity index (χ1) is 13.5. The van der Waals surface area contributed by atoms with Crippen LogP contribution in [0.3, 0.4) is 0 Å². The Balaban J connectivity index is 1.60. The summed E-state index contributed by atoms with van der Waals surface area (Å²) < 4.78 is 1.28. The Morgan fingerprint density at radius 1 is 1.14 bits per heavy atom. The smallest absolute Gasteiger partial charge is 0.253 e. The van der Waals surface area contributed by atoms with Gasteiger partial charge >= 0.3 is 0 Å². The molecule has 2 amide bonds. The third-order valence-electron chi connectivity index (χ3n) is 4.85. The van der Waals surface area contributed by atoms with E-state index in [-0.39, 0.29) is 30.0 Å². The van der Waals surface area contributed by atoms with Gasteiger partial charge in [-0.15, -0.1) is 0 Å². The number of hydrogen-bond acceptors (Lipinski definition) is 4. The first kappa shape index (κ1) is 19.8. The molecule has 0 bridgehead atoms. The third-order valence-corrected chi connectivity index (χ3v) is 4.85. The number of piperidine rings is 1. The molecule has 7 heteroatoms. The zero-order chi connectivity index (χ0) is 19.9. The molecule has 2 aromatic rings.